The van der Waals surface area contributed by atoms with Gasteiger partial charge >= 0.3 is 0 Å². The van der Waals surface area contributed by atoms with Crippen molar-refractivity contribution in [1.29, 1.82) is 0 Å². The molecular weight excluding hydrogens is 326 g/mol. The number of allylic oxidation sites excluding steroid dienone is 11. The molecule has 2 unspecified atom stereocenters. The van der Waals surface area contributed by atoms with Crippen molar-refractivity contribution in [2.24, 2.45) is 27.7 Å². The summed E-state index contributed by atoms with van der Waals surface area (Å²) in [5, 5.41) is 0. The molecule has 0 amide bonds. The van der Waals surface area contributed by atoms with Crippen LogP contribution in [0.1, 0.15) is 61.3 Å². The third kappa shape index (κ3) is 3.74. The molecule has 0 bridgehead atoms. The largest absolute Gasteiger partial charge is 0.248 e. The van der Waals surface area contributed by atoms with Crippen molar-refractivity contribution in [3.8, 4) is 0 Å². The molecule has 3 aliphatic rings. The van der Waals surface area contributed by atoms with Crippen LogP contribution in [0, 0.1) is 22.7 Å². The van der Waals surface area contributed by atoms with Crippen LogP contribution in [-0.2, 0) is 0 Å². The number of rotatable bonds is 3. The van der Waals surface area contributed by atoms with E-state index in [4.69, 9.17) is 4.99 Å². The molecule has 1 heterocycles. The lowest BCUT2D eigenvalue weighted by atomic mass is 9.76. The fraction of sp³-hybridized carbons (Fsp3) is 0.500. The van der Waals surface area contributed by atoms with Gasteiger partial charge in [-0.2, -0.15) is 0 Å². The van der Waals surface area contributed by atoms with Crippen LogP contribution in [-0.4, -0.2) is 5.71 Å². The lowest BCUT2D eigenvalue weighted by Gasteiger charge is -2.28. The van der Waals surface area contributed by atoms with Gasteiger partial charge in [0.05, 0.1) is 11.4 Å². The fourth-order valence-electron chi connectivity index (χ4n) is 3.90. The zero-order chi connectivity index (χ0) is 19.8. The van der Waals surface area contributed by atoms with Crippen molar-refractivity contribution in [3.63, 3.8) is 0 Å². The first-order chi connectivity index (χ1) is 12.7. The molecule has 0 radical (unpaired) electrons. The summed E-state index contributed by atoms with van der Waals surface area (Å²) in [6.07, 6.45) is 20.7. The van der Waals surface area contributed by atoms with Crippen LogP contribution in [0.4, 0.5) is 0 Å². The highest BCUT2D eigenvalue weighted by Crippen LogP contribution is 2.44. The summed E-state index contributed by atoms with van der Waals surface area (Å²) in [4.78, 5) is 5.17. The average Bonchev–Trinajstić information content (AvgIpc) is 2.96. The van der Waals surface area contributed by atoms with Crippen LogP contribution in [0.5, 0.6) is 0 Å². The minimum Gasteiger partial charge on any atom is -0.248 e. The number of aliphatic imine (C=N–C) groups is 1. The molecule has 0 N–H and O–H groups in total. The third-order valence-corrected chi connectivity index (χ3v) is 6.84. The Morgan fingerprint density at radius 3 is 2.37 bits per heavy atom. The maximum absolute atomic E-state index is 5.17. The maximum Gasteiger partial charge on any atom is 0.0703 e. The molecule has 1 nitrogen and oxygen atoms in total. The number of fused-ring (bicyclic) bond motifs is 2. The molecule has 0 spiro atoms. The van der Waals surface area contributed by atoms with Gasteiger partial charge in [-0.1, -0.05) is 96.6 Å². The standard InChI is InChI=1S/C26H35N/c1-8-25(6)17-21-13-15-26(7,19(4)5)16-14-23(21)27-24-12-10-20(18(2)3)9-11-22(24)25/h9,11-19H,8,10H2,1-7H3. The molecule has 0 fully saturated rings. The summed E-state index contributed by atoms with van der Waals surface area (Å²) in [5.41, 5.74) is 6.39. The summed E-state index contributed by atoms with van der Waals surface area (Å²) in [6.45, 7) is 16.1. The zero-order valence-electron chi connectivity index (χ0n) is 18.1. The summed E-state index contributed by atoms with van der Waals surface area (Å²) in [7, 11) is 0. The maximum atomic E-state index is 5.17. The molecule has 0 saturated carbocycles. The van der Waals surface area contributed by atoms with Gasteiger partial charge in [0.1, 0.15) is 0 Å². The number of hydrogen-bond acceptors (Lipinski definition) is 1. The highest BCUT2D eigenvalue weighted by atomic mass is 14.8. The van der Waals surface area contributed by atoms with E-state index >= 15 is 0 Å². The van der Waals surface area contributed by atoms with Gasteiger partial charge in [-0.15, -0.1) is 0 Å². The van der Waals surface area contributed by atoms with E-state index in [1.165, 1.54) is 16.7 Å². The Morgan fingerprint density at radius 2 is 1.74 bits per heavy atom. The smallest absolute Gasteiger partial charge is 0.0703 e. The predicted molar refractivity (Wildman–Crippen MR) is 119 cm³/mol. The number of nitrogens with zero attached hydrogens (tertiary/aromatic N) is 1. The van der Waals surface area contributed by atoms with Gasteiger partial charge in [-0.05, 0) is 41.9 Å². The molecular formula is C26H35N. The van der Waals surface area contributed by atoms with E-state index in [-0.39, 0.29) is 10.8 Å². The van der Waals surface area contributed by atoms with Crippen LogP contribution in [0.3, 0.4) is 0 Å². The minimum atomic E-state index is -0.00784. The third-order valence-electron chi connectivity index (χ3n) is 6.84. The molecule has 1 aliphatic heterocycles. The van der Waals surface area contributed by atoms with E-state index in [9.17, 15) is 0 Å². The zero-order valence-corrected chi connectivity index (χ0v) is 18.1. The SMILES string of the molecule is CCC1(C)C=C2C=CC(C)(C(C)C)C=CC2=NC2=CCC(C(C)C)=CC=C21. The first kappa shape index (κ1) is 19.9. The van der Waals surface area contributed by atoms with Gasteiger partial charge in [-0.25, -0.2) is 4.99 Å². The van der Waals surface area contributed by atoms with Crippen molar-refractivity contribution < 1.29 is 0 Å². The van der Waals surface area contributed by atoms with Gasteiger partial charge in [-0.3, -0.25) is 0 Å². The van der Waals surface area contributed by atoms with Crippen molar-refractivity contribution in [2.45, 2.75) is 61.3 Å². The summed E-state index contributed by atoms with van der Waals surface area (Å²) < 4.78 is 0. The van der Waals surface area contributed by atoms with Gasteiger partial charge in [0.25, 0.3) is 0 Å². The lowest BCUT2D eigenvalue weighted by molar-refractivity contribution is 0.384. The fourth-order valence-corrected chi connectivity index (χ4v) is 3.90. The molecule has 0 saturated heterocycles. The van der Waals surface area contributed by atoms with Crippen LogP contribution < -0.4 is 0 Å². The van der Waals surface area contributed by atoms with Crippen molar-refractivity contribution in [2.75, 3.05) is 0 Å². The number of hydrogen-bond donors (Lipinski definition) is 0. The second-order valence-electron chi connectivity index (χ2n) is 9.33. The second-order valence-corrected chi connectivity index (χ2v) is 9.33. The van der Waals surface area contributed by atoms with Crippen LogP contribution >= 0.6 is 0 Å². The Hall–Kier alpha value is -1.89. The molecule has 2 aliphatic carbocycles. The normalized spacial score (nSPS) is 30.3. The molecule has 144 valence electrons. The Morgan fingerprint density at radius 1 is 1.04 bits per heavy atom. The van der Waals surface area contributed by atoms with Crippen LogP contribution in [0.25, 0.3) is 0 Å². The molecule has 27 heavy (non-hydrogen) atoms. The average molecular weight is 362 g/mol. The Labute approximate surface area is 166 Å². The first-order valence-corrected chi connectivity index (χ1v) is 10.5. The molecule has 2 atom stereocenters. The highest BCUT2D eigenvalue weighted by molar-refractivity contribution is 6.12. The Bertz CT molecular complexity index is 822. The molecule has 0 aromatic rings. The Balaban J connectivity index is 2.17. The first-order valence-electron chi connectivity index (χ1n) is 10.5. The quantitative estimate of drug-likeness (QED) is 0.497. The van der Waals surface area contributed by atoms with E-state index < -0.39 is 0 Å². The van der Waals surface area contributed by atoms with Gasteiger partial charge in [0.2, 0.25) is 0 Å². The monoisotopic (exact) mass is 361 g/mol. The van der Waals surface area contributed by atoms with E-state index in [0.717, 1.165) is 24.3 Å². The predicted octanol–water partition coefficient (Wildman–Crippen LogP) is 7.37. The van der Waals surface area contributed by atoms with Crippen LogP contribution in [0.15, 0.2) is 76.0 Å². The molecule has 1 heteroatoms. The van der Waals surface area contributed by atoms with Crippen molar-refractivity contribution in [3.05, 3.63) is 71.0 Å². The highest BCUT2D eigenvalue weighted by Gasteiger charge is 2.32. The van der Waals surface area contributed by atoms with Gasteiger partial charge in [0, 0.05) is 10.8 Å². The van der Waals surface area contributed by atoms with Crippen molar-refractivity contribution >= 4 is 5.71 Å². The van der Waals surface area contributed by atoms with E-state index in [1.54, 1.807) is 0 Å². The lowest BCUT2D eigenvalue weighted by Crippen LogP contribution is -2.17. The van der Waals surface area contributed by atoms with E-state index in [0.29, 0.717) is 11.8 Å². The molecule has 3 rings (SSSR count). The summed E-state index contributed by atoms with van der Waals surface area (Å²) in [6, 6.07) is 0. The van der Waals surface area contributed by atoms with Gasteiger partial charge in [0.15, 0.2) is 0 Å². The Kier molecular flexibility index (Phi) is 5.34. The topological polar surface area (TPSA) is 12.4 Å². The van der Waals surface area contributed by atoms with E-state index in [2.05, 4.69) is 97.1 Å². The molecule has 0 aromatic heterocycles. The summed E-state index contributed by atoms with van der Waals surface area (Å²) >= 11 is 0. The van der Waals surface area contributed by atoms with Crippen molar-refractivity contribution in [1.82, 2.24) is 0 Å². The second kappa shape index (κ2) is 7.26. The van der Waals surface area contributed by atoms with Gasteiger partial charge < -0.3 is 0 Å². The van der Waals surface area contributed by atoms with E-state index in [1.807, 2.05) is 0 Å². The molecule has 0 aromatic carbocycles. The summed E-state index contributed by atoms with van der Waals surface area (Å²) in [5.74, 6) is 1.12. The minimum absolute atomic E-state index is 0.00784. The van der Waals surface area contributed by atoms with Crippen LogP contribution in [0.2, 0.25) is 0 Å².